The molecule has 0 fully saturated rings. The van der Waals surface area contributed by atoms with Crippen LogP contribution in [-0.4, -0.2) is 28.2 Å². The number of aromatic nitrogens is 3. The average molecular weight is 555 g/mol. The maximum absolute atomic E-state index is 4.36. The summed E-state index contributed by atoms with van der Waals surface area (Å²) in [6, 6.07) is 34.1. The Kier molecular flexibility index (Phi) is 8.19. The van der Waals surface area contributed by atoms with Crippen LogP contribution in [0.15, 0.2) is 158 Å². The van der Waals surface area contributed by atoms with E-state index in [9.17, 15) is 0 Å². The van der Waals surface area contributed by atoms with Crippen molar-refractivity contribution < 1.29 is 0 Å². The van der Waals surface area contributed by atoms with Gasteiger partial charge in [0.25, 0.3) is 0 Å². The first-order valence-electron chi connectivity index (χ1n) is 14.1. The summed E-state index contributed by atoms with van der Waals surface area (Å²) in [7, 11) is 1.76. The first kappa shape index (κ1) is 27.4. The highest BCUT2D eigenvalue weighted by atomic mass is 14.6. The highest BCUT2D eigenvalue weighted by Gasteiger charge is 2.11. The quantitative estimate of drug-likeness (QED) is 0.139. The van der Waals surface area contributed by atoms with Crippen molar-refractivity contribution in [1.29, 1.82) is 0 Å². The molecule has 3 heterocycles. The zero-order chi connectivity index (χ0) is 29.4. The van der Waals surface area contributed by atoms with Crippen molar-refractivity contribution in [3.05, 3.63) is 159 Å². The second kappa shape index (κ2) is 12.8. The van der Waals surface area contributed by atoms with E-state index in [4.69, 9.17) is 0 Å². The molecule has 0 bridgehead atoms. The van der Waals surface area contributed by atoms with Crippen LogP contribution in [0.1, 0.15) is 5.56 Å². The average Bonchev–Trinajstić information content (AvgIpc) is 3.09. The number of pyridine rings is 3. The van der Waals surface area contributed by atoms with Crippen LogP contribution in [0.3, 0.4) is 0 Å². The maximum Gasteiger partial charge on any atom is 0.0346 e. The second-order valence-corrected chi connectivity index (χ2v) is 10.2. The fourth-order valence-corrected chi connectivity index (χ4v) is 5.09. The van der Waals surface area contributed by atoms with E-state index in [-0.39, 0.29) is 0 Å². The molecule has 0 atom stereocenters. The number of rotatable bonds is 8. The fraction of sp³-hybridized carbons (Fsp3) is 0.0256. The maximum atomic E-state index is 4.36. The molecule has 4 heteroatoms. The van der Waals surface area contributed by atoms with Gasteiger partial charge in [-0.1, -0.05) is 49.1 Å². The van der Waals surface area contributed by atoms with Crippen molar-refractivity contribution in [2.45, 2.75) is 0 Å². The van der Waals surface area contributed by atoms with Gasteiger partial charge in [0.05, 0.1) is 0 Å². The van der Waals surface area contributed by atoms with Gasteiger partial charge in [-0.15, -0.1) is 0 Å². The third kappa shape index (κ3) is 6.45. The number of hydrogen-bond donors (Lipinski definition) is 0. The lowest BCUT2D eigenvalue weighted by molar-refractivity contribution is 1.32. The SMILES string of the molecule is C=C(/C=C\C=NC)c1cc(-c2cccnc2)cc(-c2cccc(-c3cc(-c4cccnc4)cc(-c4cccnc4)c3)c2)c1. The largest absolute Gasteiger partial charge is 0.297 e. The van der Waals surface area contributed by atoms with Crippen molar-refractivity contribution in [3.8, 4) is 55.6 Å². The predicted molar refractivity (Wildman–Crippen MR) is 180 cm³/mol. The van der Waals surface area contributed by atoms with E-state index < -0.39 is 0 Å². The van der Waals surface area contributed by atoms with Crippen LogP contribution in [0.25, 0.3) is 61.2 Å². The van der Waals surface area contributed by atoms with Gasteiger partial charge >= 0.3 is 0 Å². The van der Waals surface area contributed by atoms with Crippen LogP contribution >= 0.6 is 0 Å². The first-order chi connectivity index (χ1) is 21.2. The minimum absolute atomic E-state index is 0.910. The van der Waals surface area contributed by atoms with Crippen LogP contribution in [0, 0.1) is 0 Å². The minimum Gasteiger partial charge on any atom is -0.297 e. The van der Waals surface area contributed by atoms with E-state index in [1.165, 1.54) is 0 Å². The molecule has 6 aromatic rings. The van der Waals surface area contributed by atoms with Gasteiger partial charge in [0, 0.05) is 67.1 Å². The summed E-state index contributed by atoms with van der Waals surface area (Å²) in [5.41, 5.74) is 12.9. The number of aliphatic imine (C=N–C) groups is 1. The molecule has 0 unspecified atom stereocenters. The zero-order valence-corrected chi connectivity index (χ0v) is 23.9. The Bertz CT molecular complexity index is 1870. The van der Waals surface area contributed by atoms with Crippen LogP contribution < -0.4 is 0 Å². The Balaban J connectivity index is 1.47. The fourth-order valence-electron chi connectivity index (χ4n) is 5.09. The second-order valence-electron chi connectivity index (χ2n) is 10.2. The summed E-state index contributed by atoms with van der Waals surface area (Å²) in [6.45, 7) is 4.33. The molecule has 3 aromatic carbocycles. The van der Waals surface area contributed by atoms with Crippen LogP contribution in [0.2, 0.25) is 0 Å². The molecular weight excluding hydrogens is 524 g/mol. The normalized spacial score (nSPS) is 11.3. The van der Waals surface area contributed by atoms with E-state index >= 15 is 0 Å². The van der Waals surface area contributed by atoms with Gasteiger partial charge in [0.1, 0.15) is 0 Å². The van der Waals surface area contributed by atoms with E-state index in [0.29, 0.717) is 0 Å². The smallest absolute Gasteiger partial charge is 0.0346 e. The van der Waals surface area contributed by atoms with Gasteiger partial charge in [-0.2, -0.15) is 0 Å². The highest BCUT2D eigenvalue weighted by molar-refractivity contribution is 5.87. The Hall–Kier alpha value is -5.74. The van der Waals surface area contributed by atoms with Crippen molar-refractivity contribution in [1.82, 2.24) is 15.0 Å². The number of allylic oxidation sites excluding steroid dienone is 3. The monoisotopic (exact) mass is 554 g/mol. The van der Waals surface area contributed by atoms with E-state index in [2.05, 4.69) is 105 Å². The molecule has 6 rings (SSSR count). The van der Waals surface area contributed by atoms with Crippen LogP contribution in [-0.2, 0) is 0 Å². The van der Waals surface area contributed by atoms with Crippen LogP contribution in [0.4, 0.5) is 0 Å². The van der Waals surface area contributed by atoms with Gasteiger partial charge in [-0.25, -0.2) is 0 Å². The Morgan fingerprint density at radius 1 is 0.535 bits per heavy atom. The number of benzene rings is 3. The van der Waals surface area contributed by atoms with Crippen molar-refractivity contribution in [2.75, 3.05) is 7.05 Å². The number of nitrogens with zero attached hydrogens (tertiary/aromatic N) is 4. The van der Waals surface area contributed by atoms with Crippen molar-refractivity contribution in [3.63, 3.8) is 0 Å². The molecule has 0 aliphatic rings. The summed E-state index contributed by atoms with van der Waals surface area (Å²) in [5.74, 6) is 0. The summed E-state index contributed by atoms with van der Waals surface area (Å²) in [5, 5.41) is 0. The molecule has 0 N–H and O–H groups in total. The van der Waals surface area contributed by atoms with Gasteiger partial charge in [0.15, 0.2) is 0 Å². The zero-order valence-electron chi connectivity index (χ0n) is 23.9. The molecule has 0 spiro atoms. The molecule has 0 amide bonds. The summed E-state index contributed by atoms with van der Waals surface area (Å²) in [4.78, 5) is 17.1. The van der Waals surface area contributed by atoms with Crippen LogP contribution in [0.5, 0.6) is 0 Å². The lowest BCUT2D eigenvalue weighted by atomic mass is 9.91. The molecule has 4 nitrogen and oxygen atoms in total. The lowest BCUT2D eigenvalue weighted by Gasteiger charge is -2.14. The molecule has 0 aliphatic heterocycles. The van der Waals surface area contributed by atoms with Crippen molar-refractivity contribution >= 4 is 11.8 Å². The lowest BCUT2D eigenvalue weighted by Crippen LogP contribution is -1.90. The molecular formula is C39H30N4. The molecule has 3 aromatic heterocycles. The van der Waals surface area contributed by atoms with E-state index in [0.717, 1.165) is 66.8 Å². The van der Waals surface area contributed by atoms with Gasteiger partial charge in [-0.05, 0) is 117 Å². The standard InChI is InChI=1S/C39H30N4/c1-28(8-4-14-40-2)34-19-35(21-37(20-34)31-11-5-15-41-25-31)29-9-3-10-30(18-29)36-22-38(32-12-6-16-42-26-32)24-39(23-36)33-13-7-17-43-27-33/h3-27H,1H2,2H3/b8-4-,40-14?. The third-order valence-corrected chi connectivity index (χ3v) is 7.28. The molecule has 206 valence electrons. The minimum atomic E-state index is 0.910. The van der Waals surface area contributed by atoms with Gasteiger partial charge in [-0.3, -0.25) is 19.9 Å². The summed E-state index contributed by atoms with van der Waals surface area (Å²) < 4.78 is 0. The molecule has 0 saturated carbocycles. The number of hydrogen-bond acceptors (Lipinski definition) is 4. The Morgan fingerprint density at radius 3 is 1.37 bits per heavy atom. The predicted octanol–water partition coefficient (Wildman–Crippen LogP) is 9.48. The van der Waals surface area contributed by atoms with Crippen molar-refractivity contribution in [2.24, 2.45) is 4.99 Å². The van der Waals surface area contributed by atoms with Gasteiger partial charge < -0.3 is 0 Å². The highest BCUT2D eigenvalue weighted by Crippen LogP contribution is 2.36. The van der Waals surface area contributed by atoms with E-state index in [1.54, 1.807) is 31.9 Å². The van der Waals surface area contributed by atoms with E-state index in [1.807, 2.05) is 48.9 Å². The Labute approximate surface area is 252 Å². The molecule has 0 aliphatic carbocycles. The molecule has 0 saturated heterocycles. The molecule has 0 radical (unpaired) electrons. The summed E-state index contributed by atoms with van der Waals surface area (Å²) >= 11 is 0. The van der Waals surface area contributed by atoms with Gasteiger partial charge in [0.2, 0.25) is 0 Å². The topological polar surface area (TPSA) is 51.0 Å². The molecule has 43 heavy (non-hydrogen) atoms. The third-order valence-electron chi connectivity index (χ3n) is 7.28. The Morgan fingerprint density at radius 2 is 0.930 bits per heavy atom. The summed E-state index contributed by atoms with van der Waals surface area (Å²) in [6.07, 6.45) is 16.8. The first-order valence-corrected chi connectivity index (χ1v) is 14.1.